The molecule has 0 aromatic heterocycles. The van der Waals surface area contributed by atoms with Crippen LogP contribution in [0.2, 0.25) is 5.02 Å². The Labute approximate surface area is 185 Å². The van der Waals surface area contributed by atoms with E-state index in [-0.39, 0.29) is 13.1 Å². The molecule has 1 unspecified atom stereocenters. The highest BCUT2D eigenvalue weighted by atomic mass is 35.5. The quantitative estimate of drug-likeness (QED) is 0.502. The molecule has 0 saturated heterocycles. The Bertz CT molecular complexity index is 1120. The number of rotatable bonds is 6. The number of halogens is 1. The van der Waals surface area contributed by atoms with Crippen LogP contribution in [-0.2, 0) is 19.7 Å². The number of anilines is 1. The van der Waals surface area contributed by atoms with Crippen LogP contribution in [0.3, 0.4) is 0 Å². The first kappa shape index (κ1) is 22.8. The van der Waals surface area contributed by atoms with Crippen molar-refractivity contribution in [2.45, 2.75) is 13.0 Å². The fourth-order valence-electron chi connectivity index (χ4n) is 3.16. The lowest BCUT2D eigenvalue weighted by Crippen LogP contribution is -2.39. The van der Waals surface area contributed by atoms with Crippen molar-refractivity contribution in [2.75, 3.05) is 23.7 Å². The Morgan fingerprint density at radius 1 is 1.26 bits per heavy atom. The summed E-state index contributed by atoms with van der Waals surface area (Å²) in [6.45, 7) is 1.77. The summed E-state index contributed by atoms with van der Waals surface area (Å²) in [5.41, 5.74) is 2.17. The number of fused-ring (bicyclic) bond motifs is 1. The Kier molecular flexibility index (Phi) is 6.99. The maximum absolute atomic E-state index is 12.9. The van der Waals surface area contributed by atoms with Gasteiger partial charge in [0.15, 0.2) is 0 Å². The van der Waals surface area contributed by atoms with E-state index in [9.17, 15) is 18.0 Å². The Balaban J connectivity index is 1.81. The minimum atomic E-state index is -4.18. The van der Waals surface area contributed by atoms with Gasteiger partial charge in [-0.2, -0.15) is 8.42 Å². The first-order valence-corrected chi connectivity index (χ1v) is 11.4. The molecule has 2 aromatic rings. The lowest BCUT2D eigenvalue weighted by atomic mass is 10.0. The minimum Gasteiger partial charge on any atom is -0.481 e. The molecule has 0 fully saturated rings. The molecule has 164 valence electrons. The largest absolute Gasteiger partial charge is 0.481 e. The van der Waals surface area contributed by atoms with Gasteiger partial charge in [0.25, 0.3) is 16.0 Å². The van der Waals surface area contributed by atoms with Crippen LogP contribution in [0.15, 0.2) is 54.6 Å². The maximum Gasteiger partial charge on any atom is 0.266 e. The van der Waals surface area contributed by atoms with Gasteiger partial charge in [-0.3, -0.25) is 14.1 Å². The molecule has 1 aliphatic heterocycles. The number of ether oxygens (including phenoxy) is 1. The van der Waals surface area contributed by atoms with E-state index in [0.29, 0.717) is 16.5 Å². The van der Waals surface area contributed by atoms with Gasteiger partial charge in [0.1, 0.15) is 11.9 Å². The van der Waals surface area contributed by atoms with Gasteiger partial charge < -0.3 is 15.0 Å². The van der Waals surface area contributed by atoms with Crippen molar-refractivity contribution in [2.24, 2.45) is 0 Å². The smallest absolute Gasteiger partial charge is 0.266 e. The van der Waals surface area contributed by atoms with Gasteiger partial charge in [-0.05, 0) is 30.2 Å². The van der Waals surface area contributed by atoms with Crippen molar-refractivity contribution < 1.29 is 27.3 Å². The molecule has 0 radical (unpaired) electrons. The van der Waals surface area contributed by atoms with E-state index in [0.717, 1.165) is 23.3 Å². The SMILES string of the molecule is Cc1cc(Cl)cc2c1OC(c1ccccc1)CN2C(=O)/C=C/C(=O)NCCS(=O)(=O)O. The van der Waals surface area contributed by atoms with Crippen LogP contribution in [0, 0.1) is 6.92 Å². The molecule has 31 heavy (non-hydrogen) atoms. The summed E-state index contributed by atoms with van der Waals surface area (Å²) in [4.78, 5) is 26.3. The summed E-state index contributed by atoms with van der Waals surface area (Å²) in [6, 6.07) is 12.8. The van der Waals surface area contributed by atoms with Crippen LogP contribution in [-0.4, -0.2) is 43.6 Å². The number of nitrogens with one attached hydrogen (secondary N) is 1. The van der Waals surface area contributed by atoms with E-state index in [4.69, 9.17) is 20.9 Å². The van der Waals surface area contributed by atoms with E-state index >= 15 is 0 Å². The second kappa shape index (κ2) is 9.51. The van der Waals surface area contributed by atoms with Gasteiger partial charge in [-0.15, -0.1) is 0 Å². The Hall–Kier alpha value is -2.88. The van der Waals surface area contributed by atoms with Crippen molar-refractivity contribution in [1.82, 2.24) is 5.32 Å². The molecular weight excluding hydrogens is 444 g/mol. The number of carbonyl (C=O) groups is 2. The lowest BCUT2D eigenvalue weighted by Gasteiger charge is -2.35. The number of nitrogens with zero attached hydrogens (tertiary/aromatic N) is 1. The average Bonchev–Trinajstić information content (AvgIpc) is 2.71. The van der Waals surface area contributed by atoms with Crippen LogP contribution in [0.25, 0.3) is 0 Å². The number of hydrogen-bond donors (Lipinski definition) is 2. The molecule has 0 saturated carbocycles. The summed E-state index contributed by atoms with van der Waals surface area (Å²) in [5.74, 6) is -1.21. The molecular formula is C21H21ClN2O6S. The van der Waals surface area contributed by atoms with Crippen molar-refractivity contribution in [3.8, 4) is 5.75 Å². The van der Waals surface area contributed by atoms with Crippen molar-refractivity contribution in [3.05, 3.63) is 70.8 Å². The van der Waals surface area contributed by atoms with E-state index in [2.05, 4.69) is 5.32 Å². The van der Waals surface area contributed by atoms with Crippen LogP contribution in [0.5, 0.6) is 5.75 Å². The molecule has 0 aliphatic carbocycles. The molecule has 2 aromatic carbocycles. The van der Waals surface area contributed by atoms with Gasteiger partial charge in [-0.25, -0.2) is 0 Å². The lowest BCUT2D eigenvalue weighted by molar-refractivity contribution is -0.117. The van der Waals surface area contributed by atoms with E-state index in [1.807, 2.05) is 37.3 Å². The molecule has 2 N–H and O–H groups in total. The summed E-state index contributed by atoms with van der Waals surface area (Å²) in [7, 11) is -4.18. The van der Waals surface area contributed by atoms with Gasteiger partial charge in [0.05, 0.1) is 18.0 Å². The van der Waals surface area contributed by atoms with E-state index in [1.54, 1.807) is 12.1 Å². The average molecular weight is 465 g/mol. The third kappa shape index (κ3) is 6.06. The first-order chi connectivity index (χ1) is 14.6. The molecule has 1 aliphatic rings. The number of carbonyl (C=O) groups excluding carboxylic acids is 2. The molecule has 1 atom stereocenters. The number of hydrogen-bond acceptors (Lipinski definition) is 5. The van der Waals surface area contributed by atoms with Gasteiger partial charge in [0.2, 0.25) is 5.91 Å². The number of aryl methyl sites for hydroxylation is 1. The fourth-order valence-corrected chi connectivity index (χ4v) is 3.79. The predicted molar refractivity (Wildman–Crippen MR) is 117 cm³/mol. The van der Waals surface area contributed by atoms with Gasteiger partial charge >= 0.3 is 0 Å². The highest BCUT2D eigenvalue weighted by molar-refractivity contribution is 7.85. The Morgan fingerprint density at radius 3 is 2.65 bits per heavy atom. The van der Waals surface area contributed by atoms with Crippen LogP contribution < -0.4 is 15.0 Å². The molecule has 0 bridgehead atoms. The zero-order valence-electron chi connectivity index (χ0n) is 16.6. The summed E-state index contributed by atoms with van der Waals surface area (Å²) < 4.78 is 36.3. The van der Waals surface area contributed by atoms with Gasteiger partial charge in [0, 0.05) is 23.7 Å². The van der Waals surface area contributed by atoms with Crippen molar-refractivity contribution in [3.63, 3.8) is 0 Å². The van der Waals surface area contributed by atoms with Crippen LogP contribution in [0.4, 0.5) is 5.69 Å². The molecule has 10 heteroatoms. The molecule has 2 amide bonds. The second-order valence-electron chi connectivity index (χ2n) is 6.95. The second-order valence-corrected chi connectivity index (χ2v) is 8.96. The monoisotopic (exact) mass is 464 g/mol. The van der Waals surface area contributed by atoms with Gasteiger partial charge in [-0.1, -0.05) is 41.9 Å². The topological polar surface area (TPSA) is 113 Å². The molecule has 0 spiro atoms. The normalized spacial score (nSPS) is 16.0. The maximum atomic E-state index is 12.9. The summed E-state index contributed by atoms with van der Waals surface area (Å²) >= 11 is 6.18. The van der Waals surface area contributed by atoms with Crippen molar-refractivity contribution in [1.29, 1.82) is 0 Å². The fraction of sp³-hybridized carbons (Fsp3) is 0.238. The van der Waals surface area contributed by atoms with E-state index in [1.165, 1.54) is 4.90 Å². The zero-order chi connectivity index (χ0) is 22.6. The third-order valence-corrected chi connectivity index (χ3v) is 5.53. The standard InChI is InChI=1S/C21H21ClN2O6S/c1-14-11-16(22)12-17-21(14)30-18(15-5-3-2-4-6-15)13-24(17)20(26)8-7-19(25)23-9-10-31(27,28)29/h2-8,11-12,18H,9-10,13H2,1H3,(H,23,25)(H,27,28,29)/b8-7+. The number of amides is 2. The van der Waals surface area contributed by atoms with E-state index < -0.39 is 33.8 Å². The third-order valence-electron chi connectivity index (χ3n) is 4.59. The predicted octanol–water partition coefficient (Wildman–Crippen LogP) is 2.68. The summed E-state index contributed by atoms with van der Waals surface area (Å²) in [5, 5.41) is 2.74. The van der Waals surface area contributed by atoms with Crippen LogP contribution in [0.1, 0.15) is 17.2 Å². The summed E-state index contributed by atoms with van der Waals surface area (Å²) in [6.07, 6.45) is 1.70. The van der Waals surface area contributed by atoms with Crippen molar-refractivity contribution >= 4 is 39.2 Å². The Morgan fingerprint density at radius 2 is 1.97 bits per heavy atom. The molecule has 1 heterocycles. The number of benzene rings is 2. The first-order valence-electron chi connectivity index (χ1n) is 9.38. The van der Waals surface area contributed by atoms with Crippen LogP contribution >= 0.6 is 11.6 Å². The molecule has 8 nitrogen and oxygen atoms in total. The zero-order valence-corrected chi connectivity index (χ0v) is 18.2. The minimum absolute atomic E-state index is 0.213. The highest BCUT2D eigenvalue weighted by Gasteiger charge is 2.31. The highest BCUT2D eigenvalue weighted by Crippen LogP contribution is 2.42. The molecule has 3 rings (SSSR count).